The summed E-state index contributed by atoms with van der Waals surface area (Å²) in [5.74, 6) is -0.886. The molecule has 0 radical (unpaired) electrons. The van der Waals surface area contributed by atoms with Crippen LogP contribution < -0.4 is 0 Å². The zero-order chi connectivity index (χ0) is 10.9. The van der Waals surface area contributed by atoms with Crippen molar-refractivity contribution in [3.05, 3.63) is 0 Å². The molecule has 3 aliphatic rings. The summed E-state index contributed by atoms with van der Waals surface area (Å²) in [6.45, 7) is 6.23. The minimum Gasteiger partial charge on any atom is -0.390 e. The molecule has 2 aliphatic heterocycles. The molecule has 1 aliphatic carbocycles. The van der Waals surface area contributed by atoms with Crippen LogP contribution in [0, 0.1) is 5.41 Å². The van der Waals surface area contributed by atoms with Gasteiger partial charge < -0.3 is 5.11 Å². The maximum Gasteiger partial charge on any atom is 0.297 e. The normalized spacial score (nSPS) is 53.6. The molecule has 1 N–H and O–H groups in total. The second-order valence-corrected chi connectivity index (χ2v) is 5.62. The quantitative estimate of drug-likeness (QED) is 0.610. The van der Waals surface area contributed by atoms with Crippen molar-refractivity contribution in [2.24, 2.45) is 5.41 Å². The van der Waals surface area contributed by atoms with Crippen molar-refractivity contribution in [1.29, 1.82) is 0 Å². The summed E-state index contributed by atoms with van der Waals surface area (Å²) < 4.78 is 0. The maximum atomic E-state index is 9.76. The Kier molecular flexibility index (Phi) is 1.70. The monoisotopic (exact) mass is 216 g/mol. The number of hydrogen-bond donors (Lipinski definition) is 1. The van der Waals surface area contributed by atoms with E-state index >= 15 is 0 Å². The van der Waals surface area contributed by atoms with E-state index in [0.29, 0.717) is 6.42 Å². The second-order valence-electron chi connectivity index (χ2n) is 5.62. The van der Waals surface area contributed by atoms with E-state index < -0.39 is 23.6 Å². The zero-order valence-corrected chi connectivity index (χ0v) is 9.15. The molecular weight excluding hydrogens is 200 g/mol. The first kappa shape index (κ1) is 9.99. The molecule has 2 heterocycles. The van der Waals surface area contributed by atoms with Crippen LogP contribution >= 0.6 is 0 Å². The Labute approximate surface area is 88.1 Å². The highest BCUT2D eigenvalue weighted by molar-refractivity contribution is 5.16. The fraction of sp³-hybridized carbons (Fsp3) is 1.00. The van der Waals surface area contributed by atoms with Crippen LogP contribution in [0.2, 0.25) is 0 Å². The first-order valence-electron chi connectivity index (χ1n) is 5.32. The van der Waals surface area contributed by atoms with Gasteiger partial charge in [-0.25, -0.2) is 9.78 Å². The molecule has 0 bridgehead atoms. The molecule has 0 amide bonds. The van der Waals surface area contributed by atoms with E-state index in [-0.39, 0.29) is 5.41 Å². The summed E-state index contributed by atoms with van der Waals surface area (Å²) in [7, 11) is 0. The van der Waals surface area contributed by atoms with Crippen LogP contribution in [0.3, 0.4) is 0 Å². The van der Waals surface area contributed by atoms with Crippen molar-refractivity contribution in [2.75, 3.05) is 0 Å². The van der Waals surface area contributed by atoms with Crippen molar-refractivity contribution >= 4 is 0 Å². The van der Waals surface area contributed by atoms with Gasteiger partial charge in [-0.3, -0.25) is 0 Å². The smallest absolute Gasteiger partial charge is 0.297 e. The highest BCUT2D eigenvalue weighted by Crippen LogP contribution is 2.63. The number of aliphatic hydroxyl groups is 1. The molecule has 0 aromatic rings. The molecule has 5 nitrogen and oxygen atoms in total. The third-order valence-electron chi connectivity index (χ3n) is 3.87. The lowest BCUT2D eigenvalue weighted by molar-refractivity contribution is -0.755. The zero-order valence-electron chi connectivity index (χ0n) is 9.15. The summed E-state index contributed by atoms with van der Waals surface area (Å²) >= 11 is 0. The Balaban J connectivity index is 1.98. The van der Waals surface area contributed by atoms with Crippen molar-refractivity contribution in [1.82, 2.24) is 0 Å². The van der Waals surface area contributed by atoms with Crippen LogP contribution in [-0.4, -0.2) is 28.7 Å². The van der Waals surface area contributed by atoms with Gasteiger partial charge in [0, 0.05) is 0 Å². The molecule has 1 saturated carbocycles. The third-order valence-corrected chi connectivity index (χ3v) is 3.87. The van der Waals surface area contributed by atoms with E-state index in [4.69, 9.17) is 19.6 Å². The average Bonchev–Trinajstić information content (AvgIpc) is 1.96. The fourth-order valence-electron chi connectivity index (χ4n) is 2.83. The summed E-state index contributed by atoms with van der Waals surface area (Å²) in [4.78, 5) is 20.5. The Hall–Kier alpha value is -0.200. The average molecular weight is 216 g/mol. The van der Waals surface area contributed by atoms with Gasteiger partial charge in [-0.15, -0.1) is 0 Å². The molecule has 2 saturated heterocycles. The molecule has 0 aromatic carbocycles. The highest BCUT2D eigenvalue weighted by atomic mass is 17.4. The molecule has 3 rings (SSSR count). The van der Waals surface area contributed by atoms with Gasteiger partial charge in [-0.1, -0.05) is 20.8 Å². The van der Waals surface area contributed by atoms with E-state index in [9.17, 15) is 5.11 Å². The van der Waals surface area contributed by atoms with E-state index in [2.05, 4.69) is 20.8 Å². The SMILES string of the molecule is CC(C)(C)C12CCC(O)C3OOC31OO2. The summed E-state index contributed by atoms with van der Waals surface area (Å²) in [6, 6.07) is 0. The number of rotatable bonds is 0. The number of aliphatic hydroxyl groups excluding tert-OH is 1. The highest BCUT2D eigenvalue weighted by Gasteiger charge is 2.82. The van der Waals surface area contributed by atoms with Crippen molar-refractivity contribution < 1.29 is 24.7 Å². The standard InChI is InChI=1S/C10H16O5/c1-8(2,3)9-5-4-6(11)7-10(9,14-12-7)15-13-9/h6-7,11H,4-5H2,1-3H3. The lowest BCUT2D eigenvalue weighted by atomic mass is 9.61. The largest absolute Gasteiger partial charge is 0.390 e. The Morgan fingerprint density at radius 2 is 1.93 bits per heavy atom. The molecule has 4 unspecified atom stereocenters. The van der Waals surface area contributed by atoms with Gasteiger partial charge >= 0.3 is 0 Å². The molecule has 0 aromatic heterocycles. The molecule has 86 valence electrons. The number of hydrogen-bond acceptors (Lipinski definition) is 5. The minimum atomic E-state index is -0.886. The van der Waals surface area contributed by atoms with Crippen molar-refractivity contribution in [3.63, 3.8) is 0 Å². The first-order valence-corrected chi connectivity index (χ1v) is 5.32. The predicted octanol–water partition coefficient (Wildman–Crippen LogP) is 0.914. The minimum absolute atomic E-state index is 0.118. The molecule has 1 spiro atoms. The van der Waals surface area contributed by atoms with Crippen LogP contribution in [-0.2, 0) is 19.6 Å². The van der Waals surface area contributed by atoms with Crippen LogP contribution in [0.25, 0.3) is 0 Å². The van der Waals surface area contributed by atoms with Gasteiger partial charge in [0.2, 0.25) is 0 Å². The van der Waals surface area contributed by atoms with E-state index in [1.807, 2.05) is 0 Å². The van der Waals surface area contributed by atoms with Gasteiger partial charge in [-0.05, 0) is 18.3 Å². The van der Waals surface area contributed by atoms with Crippen LogP contribution in [0.1, 0.15) is 33.6 Å². The molecule has 15 heavy (non-hydrogen) atoms. The molecule has 3 fully saturated rings. The Bertz CT molecular complexity index is 295. The summed E-state index contributed by atoms with van der Waals surface area (Å²) in [6.07, 6.45) is 0.422. The molecule has 4 atom stereocenters. The van der Waals surface area contributed by atoms with Gasteiger partial charge in [0.15, 0.2) is 11.7 Å². The van der Waals surface area contributed by atoms with Gasteiger partial charge in [0.1, 0.15) is 0 Å². The fourth-order valence-corrected chi connectivity index (χ4v) is 2.83. The Morgan fingerprint density at radius 3 is 2.33 bits per heavy atom. The maximum absolute atomic E-state index is 9.76. The van der Waals surface area contributed by atoms with Crippen LogP contribution in [0.4, 0.5) is 0 Å². The summed E-state index contributed by atoms with van der Waals surface area (Å²) in [5.41, 5.74) is -0.616. The van der Waals surface area contributed by atoms with Crippen molar-refractivity contribution in [3.8, 4) is 0 Å². The lowest BCUT2D eigenvalue weighted by Gasteiger charge is -2.68. The lowest BCUT2D eigenvalue weighted by Crippen LogP contribution is -2.86. The molecule has 5 heteroatoms. The van der Waals surface area contributed by atoms with E-state index in [1.165, 1.54) is 0 Å². The first-order chi connectivity index (χ1) is 6.93. The van der Waals surface area contributed by atoms with Crippen molar-refractivity contribution in [2.45, 2.75) is 57.2 Å². The predicted molar refractivity (Wildman–Crippen MR) is 48.3 cm³/mol. The summed E-state index contributed by atoms with van der Waals surface area (Å²) in [5, 5.41) is 9.76. The molecular formula is C10H16O5. The van der Waals surface area contributed by atoms with Gasteiger partial charge in [-0.2, -0.15) is 9.78 Å². The Morgan fingerprint density at radius 1 is 1.20 bits per heavy atom. The van der Waals surface area contributed by atoms with E-state index in [1.54, 1.807) is 0 Å². The van der Waals surface area contributed by atoms with E-state index in [0.717, 1.165) is 6.42 Å². The van der Waals surface area contributed by atoms with Crippen LogP contribution in [0.15, 0.2) is 0 Å². The topological polar surface area (TPSA) is 57.2 Å². The second kappa shape index (κ2) is 2.55. The van der Waals surface area contributed by atoms with Gasteiger partial charge in [0.25, 0.3) is 5.79 Å². The third kappa shape index (κ3) is 0.877. The van der Waals surface area contributed by atoms with Crippen LogP contribution in [0.5, 0.6) is 0 Å². The van der Waals surface area contributed by atoms with Gasteiger partial charge in [0.05, 0.1) is 6.10 Å².